The molecule has 1 aromatic rings. The van der Waals surface area contributed by atoms with Crippen LogP contribution in [0.25, 0.3) is 0 Å². The van der Waals surface area contributed by atoms with Gasteiger partial charge in [0, 0.05) is 18.2 Å². The van der Waals surface area contributed by atoms with Gasteiger partial charge in [-0.25, -0.2) is 0 Å². The largest absolute Gasteiger partial charge is 0.493 e. The number of nitrogens with two attached hydrogens (primary N) is 1. The summed E-state index contributed by atoms with van der Waals surface area (Å²) in [6, 6.07) is 3.77. The summed E-state index contributed by atoms with van der Waals surface area (Å²) < 4.78 is 16.5. The summed E-state index contributed by atoms with van der Waals surface area (Å²) in [5.41, 5.74) is 6.68. The maximum atomic E-state index is 5.79. The lowest BCUT2D eigenvalue weighted by molar-refractivity contribution is 0.173. The molecular weight excluding hydrogens is 242 g/mol. The maximum Gasteiger partial charge on any atom is 0.231 e. The monoisotopic (exact) mass is 263 g/mol. The number of hydrogen-bond acceptors (Lipinski definition) is 4. The second kappa shape index (κ2) is 7.04. The van der Waals surface area contributed by atoms with Crippen LogP contribution in [-0.4, -0.2) is 13.4 Å². The zero-order chi connectivity index (χ0) is 13.5. The van der Waals surface area contributed by atoms with Gasteiger partial charge in [-0.15, -0.1) is 6.58 Å². The maximum absolute atomic E-state index is 5.79. The van der Waals surface area contributed by atoms with Crippen LogP contribution in [0.1, 0.15) is 31.2 Å². The third-order valence-corrected chi connectivity index (χ3v) is 3.09. The molecule has 1 heterocycles. The Morgan fingerprint density at radius 1 is 1.21 bits per heavy atom. The molecule has 0 aliphatic carbocycles. The van der Waals surface area contributed by atoms with Crippen molar-refractivity contribution in [3.8, 4) is 17.2 Å². The average molecular weight is 263 g/mol. The molecule has 4 nitrogen and oxygen atoms in total. The SMILES string of the molecule is C=CCCCCCOc1cc2c(cc1CN)OCO2. The zero-order valence-corrected chi connectivity index (χ0v) is 11.2. The summed E-state index contributed by atoms with van der Waals surface area (Å²) in [5.74, 6) is 2.29. The Bertz CT molecular complexity index is 432. The molecule has 104 valence electrons. The minimum atomic E-state index is 0.268. The number of allylic oxidation sites excluding steroid dienone is 1. The van der Waals surface area contributed by atoms with E-state index in [2.05, 4.69) is 6.58 Å². The van der Waals surface area contributed by atoms with E-state index in [1.54, 1.807) is 0 Å². The van der Waals surface area contributed by atoms with Gasteiger partial charge in [-0.1, -0.05) is 6.08 Å². The summed E-state index contributed by atoms with van der Waals surface area (Å²) >= 11 is 0. The number of rotatable bonds is 8. The van der Waals surface area contributed by atoms with Gasteiger partial charge >= 0.3 is 0 Å². The molecule has 0 amide bonds. The lowest BCUT2D eigenvalue weighted by atomic mass is 10.1. The zero-order valence-electron chi connectivity index (χ0n) is 11.2. The number of unbranched alkanes of at least 4 members (excludes halogenated alkanes) is 3. The van der Waals surface area contributed by atoms with E-state index in [4.69, 9.17) is 19.9 Å². The fraction of sp³-hybridized carbons (Fsp3) is 0.467. The predicted octanol–water partition coefficient (Wildman–Crippen LogP) is 3.00. The van der Waals surface area contributed by atoms with Gasteiger partial charge in [-0.05, 0) is 31.7 Å². The summed E-state index contributed by atoms with van der Waals surface area (Å²) in [7, 11) is 0. The van der Waals surface area contributed by atoms with Crippen molar-refractivity contribution in [2.45, 2.75) is 32.2 Å². The molecule has 0 aromatic heterocycles. The first-order valence-electron chi connectivity index (χ1n) is 6.71. The van der Waals surface area contributed by atoms with Crippen LogP contribution in [0.2, 0.25) is 0 Å². The molecule has 0 radical (unpaired) electrons. The Kier molecular flexibility index (Phi) is 5.10. The highest BCUT2D eigenvalue weighted by Crippen LogP contribution is 2.38. The van der Waals surface area contributed by atoms with Crippen molar-refractivity contribution in [1.29, 1.82) is 0 Å². The van der Waals surface area contributed by atoms with Crippen LogP contribution in [0.3, 0.4) is 0 Å². The molecule has 0 atom stereocenters. The molecule has 0 saturated carbocycles. The van der Waals surface area contributed by atoms with Crippen LogP contribution in [0.15, 0.2) is 24.8 Å². The summed E-state index contributed by atoms with van der Waals surface area (Å²) in [4.78, 5) is 0. The predicted molar refractivity (Wildman–Crippen MR) is 74.6 cm³/mol. The molecule has 0 unspecified atom stereocenters. The van der Waals surface area contributed by atoms with Crippen LogP contribution in [0.5, 0.6) is 17.2 Å². The number of hydrogen-bond donors (Lipinski definition) is 1. The summed E-state index contributed by atoms with van der Waals surface area (Å²) in [6.07, 6.45) is 6.36. The molecule has 0 fully saturated rings. The summed E-state index contributed by atoms with van der Waals surface area (Å²) in [6.45, 7) is 5.11. The number of benzene rings is 1. The van der Waals surface area contributed by atoms with E-state index >= 15 is 0 Å². The van der Waals surface area contributed by atoms with E-state index in [9.17, 15) is 0 Å². The molecule has 0 bridgehead atoms. The van der Waals surface area contributed by atoms with Crippen molar-refractivity contribution < 1.29 is 14.2 Å². The smallest absolute Gasteiger partial charge is 0.231 e. The Labute approximate surface area is 114 Å². The molecular formula is C15H21NO3. The standard InChI is InChI=1S/C15H21NO3/c1-2-3-4-5-6-7-17-13-9-15-14(18-11-19-15)8-12(13)10-16/h2,8-9H,1,3-7,10-11,16H2. The van der Waals surface area contributed by atoms with E-state index in [1.807, 2.05) is 18.2 Å². The highest BCUT2D eigenvalue weighted by atomic mass is 16.7. The first-order chi connectivity index (χ1) is 9.35. The van der Waals surface area contributed by atoms with Gasteiger partial charge in [-0.3, -0.25) is 0 Å². The van der Waals surface area contributed by atoms with E-state index in [-0.39, 0.29) is 6.79 Å². The van der Waals surface area contributed by atoms with Crippen LogP contribution in [0.4, 0.5) is 0 Å². The summed E-state index contributed by atoms with van der Waals surface area (Å²) in [5, 5.41) is 0. The first kappa shape index (κ1) is 13.7. The van der Waals surface area contributed by atoms with Crippen molar-refractivity contribution in [2.24, 2.45) is 5.73 Å². The average Bonchev–Trinajstić information content (AvgIpc) is 2.88. The third kappa shape index (κ3) is 3.64. The second-order valence-electron chi connectivity index (χ2n) is 4.50. The van der Waals surface area contributed by atoms with Crippen molar-refractivity contribution in [1.82, 2.24) is 0 Å². The molecule has 0 spiro atoms. The van der Waals surface area contributed by atoms with E-state index in [1.165, 1.54) is 0 Å². The van der Waals surface area contributed by atoms with Gasteiger partial charge in [0.1, 0.15) is 5.75 Å². The van der Waals surface area contributed by atoms with Crippen LogP contribution >= 0.6 is 0 Å². The molecule has 1 aliphatic rings. The fourth-order valence-electron chi connectivity index (χ4n) is 2.01. The van der Waals surface area contributed by atoms with Gasteiger partial charge in [0.05, 0.1) is 6.61 Å². The lowest BCUT2D eigenvalue weighted by Gasteiger charge is -2.11. The second-order valence-corrected chi connectivity index (χ2v) is 4.50. The minimum Gasteiger partial charge on any atom is -0.493 e. The molecule has 1 aromatic carbocycles. The van der Waals surface area contributed by atoms with Gasteiger partial charge in [0.2, 0.25) is 6.79 Å². The molecule has 0 saturated heterocycles. The van der Waals surface area contributed by atoms with Crippen LogP contribution < -0.4 is 19.9 Å². The lowest BCUT2D eigenvalue weighted by Crippen LogP contribution is -2.04. The van der Waals surface area contributed by atoms with Crippen molar-refractivity contribution in [2.75, 3.05) is 13.4 Å². The molecule has 19 heavy (non-hydrogen) atoms. The number of ether oxygens (including phenoxy) is 3. The van der Waals surface area contributed by atoms with Crippen LogP contribution in [0, 0.1) is 0 Å². The highest BCUT2D eigenvalue weighted by molar-refractivity contribution is 5.51. The fourth-order valence-corrected chi connectivity index (χ4v) is 2.01. The van der Waals surface area contributed by atoms with Gasteiger partial charge in [0.15, 0.2) is 11.5 Å². The quantitative estimate of drug-likeness (QED) is 0.578. The van der Waals surface area contributed by atoms with Crippen molar-refractivity contribution >= 4 is 0 Å². The van der Waals surface area contributed by atoms with Crippen molar-refractivity contribution in [3.05, 3.63) is 30.4 Å². The Hall–Kier alpha value is -1.68. The topological polar surface area (TPSA) is 53.7 Å². The minimum absolute atomic E-state index is 0.268. The Morgan fingerprint density at radius 2 is 2.00 bits per heavy atom. The molecule has 4 heteroatoms. The van der Waals surface area contributed by atoms with Gasteiger partial charge in [0.25, 0.3) is 0 Å². The Morgan fingerprint density at radius 3 is 2.74 bits per heavy atom. The first-order valence-corrected chi connectivity index (χ1v) is 6.71. The molecule has 2 N–H and O–H groups in total. The highest BCUT2D eigenvalue weighted by Gasteiger charge is 2.17. The third-order valence-electron chi connectivity index (χ3n) is 3.09. The van der Waals surface area contributed by atoms with E-state index < -0.39 is 0 Å². The van der Waals surface area contributed by atoms with Gasteiger partial charge < -0.3 is 19.9 Å². The van der Waals surface area contributed by atoms with E-state index in [0.717, 1.165) is 48.5 Å². The number of fused-ring (bicyclic) bond motifs is 1. The molecule has 2 rings (SSSR count). The van der Waals surface area contributed by atoms with E-state index in [0.29, 0.717) is 13.2 Å². The van der Waals surface area contributed by atoms with Crippen molar-refractivity contribution in [3.63, 3.8) is 0 Å². The molecule has 1 aliphatic heterocycles. The van der Waals surface area contributed by atoms with Gasteiger partial charge in [-0.2, -0.15) is 0 Å². The Balaban J connectivity index is 1.87. The van der Waals surface area contributed by atoms with Crippen LogP contribution in [-0.2, 0) is 6.54 Å². The normalized spacial score (nSPS) is 12.5.